The van der Waals surface area contributed by atoms with Crippen molar-refractivity contribution in [3.63, 3.8) is 0 Å². The summed E-state index contributed by atoms with van der Waals surface area (Å²) in [6, 6.07) is 3.34. The molecule has 0 saturated carbocycles. The van der Waals surface area contributed by atoms with Crippen LogP contribution < -0.4 is 5.32 Å². The summed E-state index contributed by atoms with van der Waals surface area (Å²) in [5.41, 5.74) is -5.11. The molecule has 61 heavy (non-hydrogen) atoms. The molecule has 3 saturated heterocycles. The van der Waals surface area contributed by atoms with E-state index in [0.29, 0.717) is 6.42 Å². The molecule has 4 rings (SSSR count). The van der Waals surface area contributed by atoms with Crippen molar-refractivity contribution in [3.8, 4) is 0 Å². The third-order valence-corrected chi connectivity index (χ3v) is 13.3. The number of aliphatic hydroxyl groups excluding tert-OH is 3. The van der Waals surface area contributed by atoms with E-state index in [4.69, 9.17) is 28.4 Å². The van der Waals surface area contributed by atoms with Crippen LogP contribution in [0.1, 0.15) is 94.9 Å². The van der Waals surface area contributed by atoms with Gasteiger partial charge >= 0.3 is 12.0 Å². The maximum atomic E-state index is 14.8. The fourth-order valence-corrected chi connectivity index (χ4v) is 9.53. The number of amides is 2. The first-order valence-corrected chi connectivity index (χ1v) is 21.6. The number of carbonyl (C=O) groups is 2. The first-order valence-electron chi connectivity index (χ1n) is 21.6. The van der Waals surface area contributed by atoms with Crippen molar-refractivity contribution in [1.82, 2.24) is 9.80 Å². The van der Waals surface area contributed by atoms with E-state index in [1.165, 1.54) is 44.1 Å². The molecule has 350 valence electrons. The zero-order valence-corrected chi connectivity index (χ0v) is 38.3. The van der Waals surface area contributed by atoms with Crippen LogP contribution in [-0.4, -0.2) is 165 Å². The summed E-state index contributed by atoms with van der Waals surface area (Å²) < 4.78 is 52.4. The molecule has 0 unspecified atom stereocenters. The number of benzene rings is 1. The van der Waals surface area contributed by atoms with E-state index in [1.54, 1.807) is 54.5 Å². The van der Waals surface area contributed by atoms with Crippen LogP contribution >= 0.6 is 0 Å². The maximum Gasteiger partial charge on any atom is 0.322 e. The van der Waals surface area contributed by atoms with Crippen LogP contribution in [0.15, 0.2) is 24.3 Å². The Morgan fingerprint density at radius 3 is 2.21 bits per heavy atom. The minimum atomic E-state index is -2.12. The summed E-state index contributed by atoms with van der Waals surface area (Å²) in [5, 5.41) is 61.9. The Morgan fingerprint density at radius 2 is 1.62 bits per heavy atom. The second-order valence-corrected chi connectivity index (χ2v) is 18.8. The van der Waals surface area contributed by atoms with Crippen LogP contribution in [-0.2, 0) is 33.2 Å². The van der Waals surface area contributed by atoms with Gasteiger partial charge in [-0.1, -0.05) is 32.9 Å². The number of esters is 1. The summed E-state index contributed by atoms with van der Waals surface area (Å²) in [7, 11) is 5.16. The summed E-state index contributed by atoms with van der Waals surface area (Å²) in [6.07, 6.45) is -10.3. The highest BCUT2D eigenvalue weighted by molar-refractivity contribution is 5.89. The fraction of sp³-hybridized carbons (Fsp3) is 0.818. The lowest BCUT2D eigenvalue weighted by molar-refractivity contribution is -0.318. The van der Waals surface area contributed by atoms with Crippen LogP contribution in [0.2, 0.25) is 0 Å². The third kappa shape index (κ3) is 11.6. The number of rotatable bonds is 8. The molecule has 18 atom stereocenters. The Morgan fingerprint density at radius 1 is 0.984 bits per heavy atom. The van der Waals surface area contributed by atoms with E-state index in [2.05, 4.69) is 5.32 Å². The normalized spacial score (nSPS) is 43.6. The summed E-state index contributed by atoms with van der Waals surface area (Å²) in [6.45, 7) is 16.4. The van der Waals surface area contributed by atoms with Crippen molar-refractivity contribution in [2.45, 2.75) is 185 Å². The largest absolute Gasteiger partial charge is 0.459 e. The number of likely N-dealkylation sites (N-methyl/N-ethyl adjacent to an activating group) is 1. The number of halogens is 1. The minimum absolute atomic E-state index is 0.0474. The number of anilines is 1. The van der Waals surface area contributed by atoms with Gasteiger partial charge in [-0.2, -0.15) is 0 Å². The van der Waals surface area contributed by atoms with E-state index in [0.717, 1.165) is 0 Å². The SMILES string of the molecule is CC[C@H]1OC(=O)[C@H](C)[C@@H](O[C@H]2C[C@@](C)(OC)[C@@H](O)[C@H](C)O2)[C@H](C)[C@@H](O[C@@H]2O[C@H](C)C[C@H](N(C)C)[C@H]2O)[C@](C)(O)C[C@@H](C)CN(C(=O)Nc2ccccc2F)[C@H](C)[C@@H](O)[C@]1(C)O. The Labute approximate surface area is 360 Å². The van der Waals surface area contributed by atoms with Crippen molar-refractivity contribution in [2.24, 2.45) is 17.8 Å². The molecule has 0 aromatic heterocycles. The Kier molecular flexibility index (Phi) is 17.2. The van der Waals surface area contributed by atoms with Gasteiger partial charge in [-0.3, -0.25) is 4.79 Å². The predicted molar refractivity (Wildman–Crippen MR) is 224 cm³/mol. The average molecular weight is 872 g/mol. The van der Waals surface area contributed by atoms with Gasteiger partial charge in [0.15, 0.2) is 12.6 Å². The van der Waals surface area contributed by atoms with Crippen molar-refractivity contribution in [1.29, 1.82) is 0 Å². The summed E-state index contributed by atoms with van der Waals surface area (Å²) >= 11 is 0. The topological polar surface area (TPSA) is 209 Å². The molecule has 3 aliphatic heterocycles. The van der Waals surface area contributed by atoms with Gasteiger partial charge in [0.25, 0.3) is 0 Å². The first kappa shape index (κ1) is 51.1. The zero-order valence-electron chi connectivity index (χ0n) is 38.3. The molecule has 1 aromatic carbocycles. The van der Waals surface area contributed by atoms with E-state index in [1.807, 2.05) is 25.9 Å². The molecule has 3 fully saturated rings. The number of aliphatic hydroxyl groups is 5. The molecule has 3 heterocycles. The molecule has 3 aliphatic rings. The molecule has 6 N–H and O–H groups in total. The molecular weight excluding hydrogens is 797 g/mol. The van der Waals surface area contributed by atoms with E-state index in [9.17, 15) is 39.5 Å². The molecule has 16 nitrogen and oxygen atoms in total. The van der Waals surface area contributed by atoms with Gasteiger partial charge in [0.2, 0.25) is 0 Å². The number of para-hydroxylation sites is 1. The number of methoxy groups -OCH3 is 1. The smallest absolute Gasteiger partial charge is 0.322 e. The lowest BCUT2D eigenvalue weighted by Gasteiger charge is -2.48. The van der Waals surface area contributed by atoms with Crippen LogP contribution in [0.5, 0.6) is 0 Å². The standard InChI is InChI=1S/C44H74FN3O13/c1-14-32-44(10,55)36(50)27(6)48(41(53)46-30-18-16-15-17-29(30)45)22-23(2)20-42(8,54)38(61-40-34(49)31(47(11)12)19-24(3)57-40)25(4)35(26(5)39(52)59-32)60-33-21-43(9,56-13)37(51)28(7)58-33/h15-18,23-28,31-38,40,49-51,54-55H,14,19-22H2,1-13H3,(H,46,53)/t23-,24-,25+,26-,27-,28+,31+,32-,33+,34-,35+,36-,37+,38-,40+,42-,43-,44-/m1/s1. The van der Waals surface area contributed by atoms with Crippen LogP contribution in [0.25, 0.3) is 0 Å². The van der Waals surface area contributed by atoms with Gasteiger partial charge in [-0.05, 0) is 99.9 Å². The van der Waals surface area contributed by atoms with Gasteiger partial charge in [-0.15, -0.1) is 0 Å². The average Bonchev–Trinajstić information content (AvgIpc) is 3.18. The summed E-state index contributed by atoms with van der Waals surface area (Å²) in [4.78, 5) is 31.7. The van der Waals surface area contributed by atoms with Crippen molar-refractivity contribution in [3.05, 3.63) is 30.1 Å². The summed E-state index contributed by atoms with van der Waals surface area (Å²) in [5.74, 6) is -4.08. The number of ether oxygens (including phenoxy) is 6. The van der Waals surface area contributed by atoms with Crippen LogP contribution in [0.4, 0.5) is 14.9 Å². The molecule has 0 aliphatic carbocycles. The first-order chi connectivity index (χ1) is 28.3. The number of nitrogens with zero attached hydrogens (tertiary/aromatic N) is 2. The Hall–Kier alpha value is -2.55. The highest BCUT2D eigenvalue weighted by Gasteiger charge is 2.53. The number of hydrogen-bond acceptors (Lipinski definition) is 14. The van der Waals surface area contributed by atoms with Crippen LogP contribution in [0, 0.1) is 23.6 Å². The third-order valence-electron chi connectivity index (χ3n) is 13.3. The monoisotopic (exact) mass is 872 g/mol. The number of nitrogens with one attached hydrogen (secondary N) is 1. The van der Waals surface area contributed by atoms with Gasteiger partial charge in [0.1, 0.15) is 35.8 Å². The molecular formula is C44H74FN3O13. The van der Waals surface area contributed by atoms with Gasteiger partial charge in [0.05, 0.1) is 53.3 Å². The molecule has 2 amide bonds. The molecule has 0 radical (unpaired) electrons. The second kappa shape index (κ2) is 20.5. The van der Waals surface area contributed by atoms with E-state index < -0.39 is 114 Å². The minimum Gasteiger partial charge on any atom is -0.459 e. The van der Waals surface area contributed by atoms with E-state index in [-0.39, 0.29) is 43.6 Å². The van der Waals surface area contributed by atoms with E-state index >= 15 is 0 Å². The van der Waals surface area contributed by atoms with Gasteiger partial charge in [-0.25, -0.2) is 9.18 Å². The van der Waals surface area contributed by atoms with Crippen molar-refractivity contribution >= 4 is 17.7 Å². The second-order valence-electron chi connectivity index (χ2n) is 18.8. The van der Waals surface area contributed by atoms with Crippen LogP contribution in [0.3, 0.4) is 0 Å². The van der Waals surface area contributed by atoms with Crippen molar-refractivity contribution < 1.29 is 67.9 Å². The molecule has 1 aromatic rings. The number of urea groups is 1. The Balaban J connectivity index is 1.87. The lowest BCUT2D eigenvalue weighted by atomic mass is 9.77. The van der Waals surface area contributed by atoms with Crippen molar-refractivity contribution in [2.75, 3.05) is 33.1 Å². The van der Waals surface area contributed by atoms with Gasteiger partial charge in [0, 0.05) is 32.0 Å². The Bertz CT molecular complexity index is 1600. The predicted octanol–water partition coefficient (Wildman–Crippen LogP) is 3.64. The highest BCUT2D eigenvalue weighted by atomic mass is 19.1. The number of cyclic esters (lactones) is 1. The zero-order chi connectivity index (χ0) is 45.9. The quantitative estimate of drug-likeness (QED) is 0.206. The molecule has 0 bridgehead atoms. The number of hydrogen-bond donors (Lipinski definition) is 6. The maximum absolute atomic E-state index is 14.8. The molecule has 17 heteroatoms. The highest BCUT2D eigenvalue weighted by Crippen LogP contribution is 2.40. The fourth-order valence-electron chi connectivity index (χ4n) is 9.53. The number of carbonyl (C=O) groups excluding carboxylic acids is 2. The van der Waals surface area contributed by atoms with Gasteiger partial charge < -0.3 is 69.1 Å². The molecule has 0 spiro atoms. The lowest BCUT2D eigenvalue weighted by Crippen LogP contribution is -2.61.